The monoisotopic (exact) mass is 264 g/mol. The zero-order valence-corrected chi connectivity index (χ0v) is 9.70. The number of rotatable bonds is 5. The Morgan fingerprint density at radius 3 is 2.62 bits per heavy atom. The number of ether oxygens (including phenoxy) is 1. The minimum Gasteiger partial charge on any atom is -0.480 e. The van der Waals surface area contributed by atoms with Crippen LogP contribution in [-0.2, 0) is 9.53 Å². The molecular formula is C10H10Cl2O4. The molecule has 0 heterocycles. The predicted molar refractivity (Wildman–Crippen MR) is 59.9 cm³/mol. The van der Waals surface area contributed by atoms with Crippen molar-refractivity contribution in [1.82, 2.24) is 0 Å². The van der Waals surface area contributed by atoms with Crippen LogP contribution in [-0.4, -0.2) is 29.4 Å². The first-order valence-electron chi connectivity index (χ1n) is 4.43. The van der Waals surface area contributed by atoms with Gasteiger partial charge in [0, 0.05) is 0 Å². The molecule has 0 radical (unpaired) electrons. The van der Waals surface area contributed by atoms with E-state index in [1.165, 1.54) is 6.07 Å². The van der Waals surface area contributed by atoms with Crippen LogP contribution in [0.15, 0.2) is 18.2 Å². The Balaban J connectivity index is 2.55. The summed E-state index contributed by atoms with van der Waals surface area (Å²) in [6.07, 6.45) is -0.922. The second-order valence-electron chi connectivity index (χ2n) is 3.10. The average molecular weight is 265 g/mol. The largest absolute Gasteiger partial charge is 0.480 e. The van der Waals surface area contributed by atoms with Crippen molar-refractivity contribution in [2.24, 2.45) is 0 Å². The van der Waals surface area contributed by atoms with Gasteiger partial charge in [-0.05, 0) is 17.7 Å². The molecule has 0 aromatic heterocycles. The highest BCUT2D eigenvalue weighted by molar-refractivity contribution is 6.42. The molecule has 1 rings (SSSR count). The third-order valence-corrected chi connectivity index (χ3v) is 2.57. The predicted octanol–water partition coefficient (Wildman–Crippen LogP) is 2.13. The van der Waals surface area contributed by atoms with Crippen LogP contribution in [0.3, 0.4) is 0 Å². The molecule has 16 heavy (non-hydrogen) atoms. The van der Waals surface area contributed by atoms with Gasteiger partial charge in [0.15, 0.2) is 0 Å². The van der Waals surface area contributed by atoms with Crippen molar-refractivity contribution in [3.63, 3.8) is 0 Å². The first-order valence-corrected chi connectivity index (χ1v) is 5.19. The van der Waals surface area contributed by atoms with E-state index in [0.29, 0.717) is 15.6 Å². The molecule has 0 aliphatic heterocycles. The highest BCUT2D eigenvalue weighted by atomic mass is 35.5. The Morgan fingerprint density at radius 1 is 1.38 bits per heavy atom. The van der Waals surface area contributed by atoms with Gasteiger partial charge < -0.3 is 14.9 Å². The number of carbonyl (C=O) groups is 1. The molecule has 1 atom stereocenters. The summed E-state index contributed by atoms with van der Waals surface area (Å²) in [5.41, 5.74) is 0.528. The fraction of sp³-hybridized carbons (Fsp3) is 0.300. The zero-order valence-electron chi connectivity index (χ0n) is 8.19. The second kappa shape index (κ2) is 6.06. The Hall–Kier alpha value is -0.810. The molecule has 0 aliphatic carbocycles. The van der Waals surface area contributed by atoms with Gasteiger partial charge >= 0.3 is 5.97 Å². The van der Waals surface area contributed by atoms with Gasteiger partial charge in [0.25, 0.3) is 0 Å². The van der Waals surface area contributed by atoms with Crippen molar-refractivity contribution in [3.8, 4) is 0 Å². The standard InChI is InChI=1S/C10H10Cl2O4/c11-7-2-1-6(3-8(7)12)9(13)4-16-5-10(14)15/h1-3,9,13H,4-5H2,(H,14,15). The third kappa shape index (κ3) is 3.98. The van der Waals surface area contributed by atoms with Gasteiger partial charge in [0.1, 0.15) is 12.7 Å². The normalized spacial score (nSPS) is 12.4. The second-order valence-corrected chi connectivity index (χ2v) is 3.91. The van der Waals surface area contributed by atoms with E-state index >= 15 is 0 Å². The molecule has 0 saturated carbocycles. The summed E-state index contributed by atoms with van der Waals surface area (Å²) in [7, 11) is 0. The van der Waals surface area contributed by atoms with Crippen molar-refractivity contribution in [1.29, 1.82) is 0 Å². The molecule has 1 unspecified atom stereocenters. The quantitative estimate of drug-likeness (QED) is 0.855. The molecular weight excluding hydrogens is 255 g/mol. The summed E-state index contributed by atoms with van der Waals surface area (Å²) in [6.45, 7) is -0.553. The number of carboxylic acid groups (broad SMARTS) is 1. The number of aliphatic carboxylic acids is 1. The molecule has 1 aromatic carbocycles. The third-order valence-electron chi connectivity index (χ3n) is 1.83. The van der Waals surface area contributed by atoms with Crippen LogP contribution < -0.4 is 0 Å². The van der Waals surface area contributed by atoms with Gasteiger partial charge in [0.05, 0.1) is 16.7 Å². The molecule has 88 valence electrons. The lowest BCUT2D eigenvalue weighted by atomic mass is 10.1. The van der Waals surface area contributed by atoms with Gasteiger partial charge in [0.2, 0.25) is 0 Å². The molecule has 4 nitrogen and oxygen atoms in total. The number of hydrogen-bond acceptors (Lipinski definition) is 3. The molecule has 0 fully saturated rings. The average Bonchev–Trinajstić information content (AvgIpc) is 2.21. The Morgan fingerprint density at radius 2 is 2.06 bits per heavy atom. The molecule has 2 N–H and O–H groups in total. The minimum atomic E-state index is -1.08. The van der Waals surface area contributed by atoms with E-state index in [1.807, 2.05) is 0 Å². The molecule has 0 aliphatic rings. The lowest BCUT2D eigenvalue weighted by molar-refractivity contribution is -0.143. The number of aliphatic hydroxyl groups excluding tert-OH is 1. The summed E-state index contributed by atoms with van der Waals surface area (Å²) in [4.78, 5) is 10.2. The maximum atomic E-state index is 10.2. The first kappa shape index (κ1) is 13.3. The van der Waals surface area contributed by atoms with Crippen LogP contribution >= 0.6 is 23.2 Å². The van der Waals surface area contributed by atoms with Gasteiger partial charge in [-0.25, -0.2) is 4.79 Å². The number of aliphatic hydroxyl groups is 1. The van der Waals surface area contributed by atoms with Crippen LogP contribution in [0.4, 0.5) is 0 Å². The van der Waals surface area contributed by atoms with Crippen LogP contribution in [0, 0.1) is 0 Å². The van der Waals surface area contributed by atoms with Gasteiger partial charge in [-0.1, -0.05) is 29.3 Å². The van der Waals surface area contributed by atoms with Crippen LogP contribution in [0.1, 0.15) is 11.7 Å². The van der Waals surface area contributed by atoms with Crippen molar-refractivity contribution >= 4 is 29.2 Å². The molecule has 0 amide bonds. The maximum Gasteiger partial charge on any atom is 0.329 e. The van der Waals surface area contributed by atoms with E-state index in [1.54, 1.807) is 12.1 Å². The van der Waals surface area contributed by atoms with Crippen LogP contribution in [0.5, 0.6) is 0 Å². The number of halogens is 2. The molecule has 0 saturated heterocycles. The Bertz CT molecular complexity index is 381. The van der Waals surface area contributed by atoms with E-state index in [9.17, 15) is 9.90 Å². The number of carboxylic acids is 1. The maximum absolute atomic E-state index is 10.2. The first-order chi connectivity index (χ1) is 7.50. The number of hydrogen-bond donors (Lipinski definition) is 2. The van der Waals surface area contributed by atoms with E-state index in [4.69, 9.17) is 33.0 Å². The van der Waals surface area contributed by atoms with Crippen LogP contribution in [0.25, 0.3) is 0 Å². The Labute approximate surface area is 102 Å². The van der Waals surface area contributed by atoms with E-state index < -0.39 is 18.7 Å². The summed E-state index contributed by atoms with van der Waals surface area (Å²) in [5, 5.41) is 18.7. The smallest absolute Gasteiger partial charge is 0.329 e. The molecule has 0 bridgehead atoms. The van der Waals surface area contributed by atoms with Crippen molar-refractivity contribution < 1.29 is 19.7 Å². The summed E-state index contributed by atoms with van der Waals surface area (Å²) in [5.74, 6) is -1.08. The van der Waals surface area contributed by atoms with E-state index in [0.717, 1.165) is 0 Å². The lowest BCUT2D eigenvalue weighted by Crippen LogP contribution is -2.13. The number of benzene rings is 1. The zero-order chi connectivity index (χ0) is 12.1. The van der Waals surface area contributed by atoms with E-state index in [-0.39, 0.29) is 6.61 Å². The fourth-order valence-corrected chi connectivity index (χ4v) is 1.38. The Kier molecular flexibility index (Phi) is 5.02. The SMILES string of the molecule is O=C(O)COCC(O)c1ccc(Cl)c(Cl)c1. The summed E-state index contributed by atoms with van der Waals surface area (Å²) in [6, 6.07) is 4.67. The fourth-order valence-electron chi connectivity index (χ4n) is 1.07. The van der Waals surface area contributed by atoms with Gasteiger partial charge in [-0.15, -0.1) is 0 Å². The summed E-state index contributed by atoms with van der Waals surface area (Å²) >= 11 is 11.5. The van der Waals surface area contributed by atoms with E-state index in [2.05, 4.69) is 0 Å². The highest BCUT2D eigenvalue weighted by Crippen LogP contribution is 2.25. The lowest BCUT2D eigenvalue weighted by Gasteiger charge is -2.11. The summed E-state index contributed by atoms with van der Waals surface area (Å²) < 4.78 is 4.76. The van der Waals surface area contributed by atoms with Crippen molar-refractivity contribution in [2.75, 3.05) is 13.2 Å². The highest BCUT2D eigenvalue weighted by Gasteiger charge is 2.10. The molecule has 6 heteroatoms. The minimum absolute atomic E-state index is 0.107. The molecule has 1 aromatic rings. The topological polar surface area (TPSA) is 66.8 Å². The van der Waals surface area contributed by atoms with Crippen molar-refractivity contribution in [2.45, 2.75) is 6.10 Å². The van der Waals surface area contributed by atoms with Gasteiger partial charge in [-0.3, -0.25) is 0 Å². The van der Waals surface area contributed by atoms with Gasteiger partial charge in [-0.2, -0.15) is 0 Å². The van der Waals surface area contributed by atoms with Crippen molar-refractivity contribution in [3.05, 3.63) is 33.8 Å². The molecule has 0 spiro atoms. The van der Waals surface area contributed by atoms with Crippen LogP contribution in [0.2, 0.25) is 10.0 Å².